The van der Waals surface area contributed by atoms with Crippen LogP contribution in [-0.2, 0) is 17.9 Å². The van der Waals surface area contributed by atoms with E-state index < -0.39 is 42.1 Å². The molecule has 0 aliphatic heterocycles. The SMILES string of the molecule is [2H]C([2H])([2H])n1c(=O)n([C@@H]2CC[C@@H](NC(=O)OC)C2)c2cc(Nc3cc(C=O)c4cccc(C(F)(F)F)c4n3)ncc21. The largest absolute Gasteiger partial charge is 0.453 e. The summed E-state index contributed by atoms with van der Waals surface area (Å²) in [6.07, 6.45) is -2.47. The minimum Gasteiger partial charge on any atom is -0.453 e. The van der Waals surface area contributed by atoms with Crippen LogP contribution in [0.15, 0.2) is 41.3 Å². The molecule has 13 heteroatoms. The lowest BCUT2D eigenvalue weighted by molar-refractivity contribution is -0.136. The molecule has 2 N–H and O–H groups in total. The van der Waals surface area contributed by atoms with E-state index in [0.717, 1.165) is 6.07 Å². The number of benzene rings is 1. The van der Waals surface area contributed by atoms with Crippen molar-refractivity contribution in [1.29, 1.82) is 0 Å². The van der Waals surface area contributed by atoms with E-state index in [1.807, 2.05) is 0 Å². The lowest BCUT2D eigenvalue weighted by Gasteiger charge is -2.15. The number of aryl methyl sites for hydroxylation is 1. The Morgan fingerprint density at radius 3 is 2.76 bits per heavy atom. The van der Waals surface area contributed by atoms with Gasteiger partial charge in [0.25, 0.3) is 0 Å². The van der Waals surface area contributed by atoms with E-state index in [-0.39, 0.29) is 39.7 Å². The molecule has 1 fully saturated rings. The maximum absolute atomic E-state index is 13.7. The standard InChI is InChI=1S/C25H23F3N6O4/c1-33-19-11-29-20(10-18(19)34(24(33)37)15-7-6-14(9-15)30-23(36)38-2)31-21-8-13(12-35)16-4-3-5-17(22(16)32-21)25(26,27)28/h3-5,8,10-12,14-15H,6-7,9H2,1-2H3,(H,30,36)(H,29,31,32)/t14-,15-/m1/s1/i1D3. The molecular formula is C25H23F3N6O4. The molecule has 0 spiro atoms. The minimum atomic E-state index is -4.72. The number of carbonyl (C=O) groups is 2. The van der Waals surface area contributed by atoms with Crippen molar-refractivity contribution in [2.45, 2.75) is 37.5 Å². The number of anilines is 2. The van der Waals surface area contributed by atoms with Crippen LogP contribution in [-0.4, -0.2) is 44.6 Å². The molecule has 198 valence electrons. The van der Waals surface area contributed by atoms with E-state index in [4.69, 9.17) is 4.11 Å². The number of methoxy groups -OCH3 is 1. The van der Waals surface area contributed by atoms with Crippen LogP contribution in [0.5, 0.6) is 0 Å². The zero-order valence-corrected chi connectivity index (χ0v) is 19.9. The van der Waals surface area contributed by atoms with Crippen molar-refractivity contribution < 1.29 is 31.6 Å². The number of aldehydes is 1. The van der Waals surface area contributed by atoms with Crippen LogP contribution in [0.4, 0.5) is 29.6 Å². The fourth-order valence-electron chi connectivity index (χ4n) is 4.88. The number of alkyl carbamates (subject to hydrolysis) is 1. The summed E-state index contributed by atoms with van der Waals surface area (Å²) >= 11 is 0. The van der Waals surface area contributed by atoms with E-state index >= 15 is 0 Å². The third kappa shape index (κ3) is 4.44. The topological polar surface area (TPSA) is 120 Å². The van der Waals surface area contributed by atoms with Crippen LogP contribution in [0, 0.1) is 0 Å². The van der Waals surface area contributed by atoms with Gasteiger partial charge in [-0.15, -0.1) is 0 Å². The summed E-state index contributed by atoms with van der Waals surface area (Å²) in [5.41, 5.74) is -2.07. The Kier molecular flexibility index (Phi) is 5.39. The third-order valence-corrected chi connectivity index (χ3v) is 6.60. The summed E-state index contributed by atoms with van der Waals surface area (Å²) in [4.78, 5) is 45.0. The van der Waals surface area contributed by atoms with Crippen molar-refractivity contribution in [3.05, 3.63) is 58.1 Å². The molecule has 4 aromatic rings. The van der Waals surface area contributed by atoms with Gasteiger partial charge in [0.05, 0.1) is 35.4 Å². The molecule has 38 heavy (non-hydrogen) atoms. The molecule has 1 aliphatic carbocycles. The summed E-state index contributed by atoms with van der Waals surface area (Å²) in [5.74, 6) is -0.0696. The van der Waals surface area contributed by atoms with Gasteiger partial charge in [-0.2, -0.15) is 13.2 Å². The molecule has 1 saturated carbocycles. The Morgan fingerprint density at radius 2 is 2.05 bits per heavy atom. The first-order valence-corrected chi connectivity index (χ1v) is 11.5. The second-order valence-corrected chi connectivity index (χ2v) is 8.89. The average Bonchev–Trinajstić information content (AvgIpc) is 3.47. The van der Waals surface area contributed by atoms with Crippen LogP contribution in [0.1, 0.15) is 45.3 Å². The van der Waals surface area contributed by atoms with E-state index in [1.165, 1.54) is 42.1 Å². The fraction of sp³-hybridized carbons (Fsp3) is 0.320. The highest BCUT2D eigenvalue weighted by molar-refractivity contribution is 5.99. The van der Waals surface area contributed by atoms with Crippen LogP contribution >= 0.6 is 0 Å². The highest BCUT2D eigenvalue weighted by Crippen LogP contribution is 2.36. The van der Waals surface area contributed by atoms with Crippen LogP contribution in [0.3, 0.4) is 0 Å². The number of alkyl halides is 3. The van der Waals surface area contributed by atoms with Crippen molar-refractivity contribution in [1.82, 2.24) is 24.4 Å². The molecule has 1 aliphatic rings. The highest BCUT2D eigenvalue weighted by atomic mass is 19.4. The number of nitrogens with one attached hydrogen (secondary N) is 2. The highest BCUT2D eigenvalue weighted by Gasteiger charge is 2.34. The maximum Gasteiger partial charge on any atom is 0.418 e. The Balaban J connectivity index is 1.60. The molecule has 0 bridgehead atoms. The maximum atomic E-state index is 13.7. The second-order valence-electron chi connectivity index (χ2n) is 8.89. The number of pyridine rings is 2. The molecule has 3 aromatic heterocycles. The first-order valence-electron chi connectivity index (χ1n) is 13.0. The Bertz CT molecular complexity index is 1730. The number of hydrogen-bond donors (Lipinski definition) is 2. The minimum absolute atomic E-state index is 0.0173. The van der Waals surface area contributed by atoms with Crippen LogP contribution < -0.4 is 16.3 Å². The third-order valence-electron chi connectivity index (χ3n) is 6.60. The van der Waals surface area contributed by atoms with Gasteiger partial charge in [0.1, 0.15) is 11.6 Å². The van der Waals surface area contributed by atoms with Gasteiger partial charge in [0, 0.05) is 40.2 Å². The van der Waals surface area contributed by atoms with Gasteiger partial charge in [-0.1, -0.05) is 12.1 Å². The Labute approximate surface area is 217 Å². The lowest BCUT2D eigenvalue weighted by Crippen LogP contribution is -2.33. The molecule has 0 saturated heterocycles. The number of nitrogens with zero attached hydrogens (tertiary/aromatic N) is 4. The predicted octanol–water partition coefficient (Wildman–Crippen LogP) is 4.31. The van der Waals surface area contributed by atoms with Crippen LogP contribution in [0.25, 0.3) is 21.9 Å². The second kappa shape index (κ2) is 9.47. The zero-order chi connectivity index (χ0) is 29.7. The number of aromatic nitrogens is 4. The van der Waals surface area contributed by atoms with Crippen molar-refractivity contribution in [2.24, 2.45) is 6.98 Å². The van der Waals surface area contributed by atoms with E-state index in [9.17, 15) is 27.6 Å². The molecule has 0 unspecified atom stereocenters. The number of carbonyl (C=O) groups excluding carboxylic acids is 2. The van der Waals surface area contributed by atoms with E-state index in [2.05, 4.69) is 25.3 Å². The van der Waals surface area contributed by atoms with Gasteiger partial charge in [0.15, 0.2) is 6.29 Å². The molecule has 10 nitrogen and oxygen atoms in total. The number of para-hydroxylation sites is 1. The lowest BCUT2D eigenvalue weighted by atomic mass is 10.1. The smallest absolute Gasteiger partial charge is 0.418 e. The molecule has 1 amide bonds. The van der Waals surface area contributed by atoms with E-state index in [0.29, 0.717) is 30.1 Å². The van der Waals surface area contributed by atoms with Crippen molar-refractivity contribution in [3.8, 4) is 0 Å². The Hall–Kier alpha value is -4.42. The average molecular weight is 532 g/mol. The number of ether oxygens (including phenoxy) is 1. The fourth-order valence-corrected chi connectivity index (χ4v) is 4.88. The summed E-state index contributed by atoms with van der Waals surface area (Å²) in [6, 6.07) is 5.28. The van der Waals surface area contributed by atoms with Gasteiger partial charge >= 0.3 is 18.0 Å². The monoisotopic (exact) mass is 531 g/mol. The van der Waals surface area contributed by atoms with Gasteiger partial charge < -0.3 is 15.4 Å². The number of hydrogen-bond acceptors (Lipinski definition) is 7. The van der Waals surface area contributed by atoms with Gasteiger partial charge in [-0.3, -0.25) is 13.9 Å². The molecular weight excluding hydrogens is 505 g/mol. The molecule has 2 atom stereocenters. The molecule has 1 aromatic carbocycles. The first kappa shape index (κ1) is 21.6. The summed E-state index contributed by atoms with van der Waals surface area (Å²) < 4.78 is 71.3. The van der Waals surface area contributed by atoms with Gasteiger partial charge in [-0.05, 0) is 31.4 Å². The number of halogens is 3. The normalized spacial score (nSPS) is 19.1. The van der Waals surface area contributed by atoms with E-state index in [1.54, 1.807) is 0 Å². The summed E-state index contributed by atoms with van der Waals surface area (Å²) in [7, 11) is 1.23. The van der Waals surface area contributed by atoms with Crippen molar-refractivity contribution in [3.63, 3.8) is 0 Å². The van der Waals surface area contributed by atoms with Crippen molar-refractivity contribution in [2.75, 3.05) is 12.4 Å². The number of imidazole rings is 1. The summed E-state index contributed by atoms with van der Waals surface area (Å²) in [5, 5.41) is 5.48. The zero-order valence-electron chi connectivity index (χ0n) is 22.9. The molecule has 3 heterocycles. The first-order chi connectivity index (χ1) is 19.3. The quantitative estimate of drug-likeness (QED) is 0.368. The number of fused-ring (bicyclic) bond motifs is 2. The number of amides is 1. The van der Waals surface area contributed by atoms with Crippen LogP contribution in [0.2, 0.25) is 0 Å². The Morgan fingerprint density at radius 1 is 1.24 bits per heavy atom. The molecule has 0 radical (unpaired) electrons. The summed E-state index contributed by atoms with van der Waals surface area (Å²) in [6.45, 7) is -2.83. The molecule has 5 rings (SSSR count). The van der Waals surface area contributed by atoms with Gasteiger partial charge in [-0.25, -0.2) is 19.6 Å². The predicted molar refractivity (Wildman–Crippen MR) is 133 cm³/mol. The van der Waals surface area contributed by atoms with Gasteiger partial charge in [0.2, 0.25) is 0 Å². The number of rotatable bonds is 5. The van der Waals surface area contributed by atoms with Crippen molar-refractivity contribution >= 4 is 46.0 Å².